The Hall–Kier alpha value is -3.54. The molecule has 5 aromatic rings. The van der Waals surface area contributed by atoms with E-state index >= 15 is 0 Å². The number of rotatable bonds is 6. The quantitative estimate of drug-likeness (QED) is 0.334. The van der Waals surface area contributed by atoms with E-state index < -0.39 is 10.3 Å². The number of aromatic nitrogens is 4. The summed E-state index contributed by atoms with van der Waals surface area (Å²) in [7, 11) is -3.93. The molecule has 3 heterocycles. The number of hydrogen-bond donors (Lipinski definition) is 3. The highest BCUT2D eigenvalue weighted by Gasteiger charge is 2.27. The highest BCUT2D eigenvalue weighted by molar-refractivity contribution is 7.84. The molecule has 1 fully saturated rings. The summed E-state index contributed by atoms with van der Waals surface area (Å²) in [5, 5.41) is 10.5. The lowest BCUT2D eigenvalue weighted by atomic mass is 10.1. The molecule has 2 atom stereocenters. The van der Waals surface area contributed by atoms with E-state index in [-0.39, 0.29) is 18.6 Å². The number of anilines is 1. The van der Waals surface area contributed by atoms with Gasteiger partial charge < -0.3 is 14.7 Å². The predicted molar refractivity (Wildman–Crippen MR) is 128 cm³/mol. The largest absolute Gasteiger partial charge is 0.455 e. The first-order chi connectivity index (χ1) is 16.4. The van der Waals surface area contributed by atoms with Crippen molar-refractivity contribution in [1.82, 2.24) is 19.9 Å². The van der Waals surface area contributed by atoms with E-state index in [1.165, 1.54) is 6.33 Å². The Balaban J connectivity index is 1.30. The van der Waals surface area contributed by atoms with Gasteiger partial charge in [-0.2, -0.15) is 8.42 Å². The first kappa shape index (κ1) is 21.0. The number of nitrogens with two attached hydrogens (primary N) is 1. The summed E-state index contributed by atoms with van der Waals surface area (Å²) in [5.74, 6) is 1.38. The number of nitrogens with one attached hydrogen (secondary N) is 2. The van der Waals surface area contributed by atoms with Crippen LogP contribution in [-0.2, 0) is 14.5 Å². The van der Waals surface area contributed by atoms with Gasteiger partial charge in [0.05, 0.1) is 12.2 Å². The summed E-state index contributed by atoms with van der Waals surface area (Å²) in [5.41, 5.74) is 3.69. The fourth-order valence-corrected chi connectivity index (χ4v) is 5.12. The molecule has 0 aliphatic heterocycles. The highest BCUT2D eigenvalue weighted by atomic mass is 32.2. The molecule has 0 radical (unpaired) electrons. The van der Waals surface area contributed by atoms with Crippen LogP contribution in [-0.4, -0.2) is 41.0 Å². The van der Waals surface area contributed by atoms with E-state index in [0.717, 1.165) is 46.8 Å². The van der Waals surface area contributed by atoms with Gasteiger partial charge in [-0.15, -0.1) is 0 Å². The van der Waals surface area contributed by atoms with Crippen LogP contribution in [0.2, 0.25) is 0 Å². The third kappa shape index (κ3) is 3.87. The van der Waals surface area contributed by atoms with E-state index in [0.29, 0.717) is 22.8 Å². The second-order valence-corrected chi connectivity index (χ2v) is 9.80. The molecule has 34 heavy (non-hydrogen) atoms. The van der Waals surface area contributed by atoms with Crippen LogP contribution in [0.25, 0.3) is 44.5 Å². The fraction of sp³-hybridized carbons (Fsp3) is 0.261. The monoisotopic (exact) mass is 478 g/mol. The molecular formula is C23H22N6O4S. The van der Waals surface area contributed by atoms with Crippen LogP contribution in [0, 0.1) is 5.92 Å². The Labute approximate surface area is 194 Å². The highest BCUT2D eigenvalue weighted by Crippen LogP contribution is 2.36. The molecule has 174 valence electrons. The van der Waals surface area contributed by atoms with Gasteiger partial charge >= 0.3 is 10.3 Å². The summed E-state index contributed by atoms with van der Waals surface area (Å²) in [6.07, 6.45) is 3.93. The van der Waals surface area contributed by atoms with Crippen molar-refractivity contribution in [2.24, 2.45) is 11.1 Å². The second-order valence-electron chi connectivity index (χ2n) is 8.58. The molecule has 11 heteroatoms. The van der Waals surface area contributed by atoms with Gasteiger partial charge in [0.1, 0.15) is 23.3 Å². The number of H-pyrrole nitrogens is 1. The van der Waals surface area contributed by atoms with Crippen molar-refractivity contribution < 1.29 is 17.0 Å². The van der Waals surface area contributed by atoms with Crippen molar-refractivity contribution in [3.8, 4) is 11.4 Å². The van der Waals surface area contributed by atoms with Gasteiger partial charge in [0.25, 0.3) is 0 Å². The molecule has 1 saturated carbocycles. The predicted octanol–water partition coefficient (Wildman–Crippen LogP) is 3.72. The molecule has 0 bridgehead atoms. The fourth-order valence-electron chi connectivity index (χ4n) is 4.74. The van der Waals surface area contributed by atoms with Gasteiger partial charge in [-0.1, -0.05) is 30.3 Å². The Morgan fingerprint density at radius 1 is 1.12 bits per heavy atom. The van der Waals surface area contributed by atoms with Crippen LogP contribution in [0.5, 0.6) is 0 Å². The third-order valence-corrected chi connectivity index (χ3v) is 6.76. The number of para-hydroxylation sites is 2. The summed E-state index contributed by atoms with van der Waals surface area (Å²) in [4.78, 5) is 16.9. The van der Waals surface area contributed by atoms with Crippen molar-refractivity contribution in [3.63, 3.8) is 0 Å². The first-order valence-electron chi connectivity index (χ1n) is 11.0. The van der Waals surface area contributed by atoms with Crippen molar-refractivity contribution >= 4 is 49.2 Å². The van der Waals surface area contributed by atoms with Crippen LogP contribution >= 0.6 is 0 Å². The molecule has 2 aromatic carbocycles. The van der Waals surface area contributed by atoms with Crippen molar-refractivity contribution in [3.05, 3.63) is 48.8 Å². The topological polar surface area (TPSA) is 149 Å². The Kier molecular flexibility index (Phi) is 4.97. The average molecular weight is 479 g/mol. The maximum atomic E-state index is 11.1. The number of hydrogen-bond acceptors (Lipinski definition) is 8. The van der Waals surface area contributed by atoms with Crippen LogP contribution in [0.4, 0.5) is 5.82 Å². The molecule has 0 amide bonds. The lowest BCUT2D eigenvalue weighted by Crippen LogP contribution is -2.21. The Bertz CT molecular complexity index is 1630. The Morgan fingerprint density at radius 2 is 1.97 bits per heavy atom. The number of fused-ring (bicyclic) bond motifs is 4. The molecule has 6 rings (SSSR count). The Morgan fingerprint density at radius 3 is 2.85 bits per heavy atom. The summed E-state index contributed by atoms with van der Waals surface area (Å²) in [6.45, 7) is 0.0876. The molecule has 1 aliphatic carbocycles. The zero-order chi connectivity index (χ0) is 23.3. The van der Waals surface area contributed by atoms with E-state index in [1.807, 2.05) is 42.5 Å². The maximum Gasteiger partial charge on any atom is 0.333 e. The average Bonchev–Trinajstić information content (AvgIpc) is 3.54. The smallest absolute Gasteiger partial charge is 0.333 e. The maximum absolute atomic E-state index is 11.1. The lowest BCUT2D eigenvalue weighted by Gasteiger charge is -2.13. The van der Waals surface area contributed by atoms with Crippen molar-refractivity contribution in [2.75, 3.05) is 11.9 Å². The number of nitrogens with zero attached hydrogens (tertiary/aromatic N) is 3. The van der Waals surface area contributed by atoms with Gasteiger partial charge in [-0.3, -0.25) is 4.18 Å². The minimum absolute atomic E-state index is 0.0876. The standard InChI is InChI=1S/C23H22N6O4S/c24-34(30,31)32-11-13-8-9-14(10-13)27-22-19-23(26-12-25-22)29-21(28-19)17-6-3-5-16-15-4-1-2-7-18(15)33-20(16)17/h1-7,12-14H,8-11H2,(H2,24,30,31)(H2,25,26,27,28,29)/t13-,14-/m0/s1. The molecule has 1 aliphatic rings. The minimum Gasteiger partial charge on any atom is -0.455 e. The van der Waals surface area contributed by atoms with Gasteiger partial charge in [0.2, 0.25) is 0 Å². The first-order valence-corrected chi connectivity index (χ1v) is 12.5. The molecular weight excluding hydrogens is 456 g/mol. The summed E-state index contributed by atoms with van der Waals surface area (Å²) >= 11 is 0. The van der Waals surface area contributed by atoms with Gasteiger partial charge in [-0.05, 0) is 37.3 Å². The van der Waals surface area contributed by atoms with E-state index in [1.54, 1.807) is 0 Å². The van der Waals surface area contributed by atoms with Gasteiger partial charge in [-0.25, -0.2) is 20.1 Å². The third-order valence-electron chi connectivity index (χ3n) is 6.29. The molecule has 0 saturated heterocycles. The second kappa shape index (κ2) is 8.05. The van der Waals surface area contributed by atoms with Crippen LogP contribution in [0.1, 0.15) is 19.3 Å². The van der Waals surface area contributed by atoms with Crippen LogP contribution in [0.3, 0.4) is 0 Å². The zero-order valence-corrected chi connectivity index (χ0v) is 18.9. The molecule has 0 spiro atoms. The number of imidazole rings is 1. The van der Waals surface area contributed by atoms with Crippen LogP contribution in [0.15, 0.2) is 53.2 Å². The summed E-state index contributed by atoms with van der Waals surface area (Å²) < 4.78 is 33.0. The van der Waals surface area contributed by atoms with Gasteiger partial charge in [0.15, 0.2) is 17.0 Å². The normalized spacial score (nSPS) is 18.9. The molecule has 0 unspecified atom stereocenters. The SMILES string of the molecule is NS(=O)(=O)OC[C@H]1CC[C@H](Nc2ncnc3[nH]c(-c4cccc5c4oc4ccccc45)nc23)C1. The van der Waals surface area contributed by atoms with Crippen LogP contribution < -0.4 is 10.5 Å². The van der Waals surface area contributed by atoms with E-state index in [2.05, 4.69) is 20.3 Å². The minimum atomic E-state index is -3.93. The van der Waals surface area contributed by atoms with Crippen molar-refractivity contribution in [1.29, 1.82) is 0 Å². The van der Waals surface area contributed by atoms with E-state index in [4.69, 9.17) is 18.7 Å². The molecule has 3 aromatic heterocycles. The van der Waals surface area contributed by atoms with E-state index in [9.17, 15) is 8.42 Å². The number of benzene rings is 2. The zero-order valence-electron chi connectivity index (χ0n) is 18.1. The van der Waals surface area contributed by atoms with Crippen molar-refractivity contribution in [2.45, 2.75) is 25.3 Å². The van der Waals surface area contributed by atoms with Gasteiger partial charge in [0, 0.05) is 16.8 Å². The number of aromatic amines is 1. The molecule has 4 N–H and O–H groups in total. The summed E-state index contributed by atoms with van der Waals surface area (Å²) in [6, 6.07) is 14.0. The number of furan rings is 1. The molecule has 10 nitrogen and oxygen atoms in total. The lowest BCUT2D eigenvalue weighted by molar-refractivity contribution is 0.256.